The summed E-state index contributed by atoms with van der Waals surface area (Å²) in [4.78, 5) is 0. The predicted octanol–water partition coefficient (Wildman–Crippen LogP) is -0.388. The molecule has 0 rings (SSSR count). The molecule has 0 spiro atoms. The standard InChI is InChI=1S/Co.Cu.Fe.Sn. The molecule has 0 fully saturated rings. The Labute approximate surface area is 74.0 Å². The summed E-state index contributed by atoms with van der Waals surface area (Å²) in [6, 6.07) is 0. The molecule has 0 N–H and O–H groups in total. The van der Waals surface area contributed by atoms with Gasteiger partial charge in [0.1, 0.15) is 0 Å². The van der Waals surface area contributed by atoms with Gasteiger partial charge in [-0.25, -0.2) is 0 Å². The Morgan fingerprint density at radius 3 is 1.00 bits per heavy atom. The van der Waals surface area contributed by atoms with E-state index < -0.39 is 0 Å². The minimum atomic E-state index is 0. The molecule has 0 aliphatic carbocycles. The van der Waals surface area contributed by atoms with Gasteiger partial charge in [0.05, 0.1) is 0 Å². The van der Waals surface area contributed by atoms with Crippen LogP contribution in [-0.2, 0) is 50.9 Å². The van der Waals surface area contributed by atoms with E-state index in [0.717, 1.165) is 0 Å². The molecule has 0 unspecified atom stereocenters. The monoisotopic (exact) mass is 298 g/mol. The largest absolute Gasteiger partial charge is 0 e. The Kier molecular flexibility index (Phi) is 151. The summed E-state index contributed by atoms with van der Waals surface area (Å²) in [6.07, 6.45) is 0. The second-order valence-corrected chi connectivity index (χ2v) is 0. The molecular weight excluding hydrogens is 297 g/mol. The van der Waals surface area contributed by atoms with Crippen LogP contribution in [-0.4, -0.2) is 23.9 Å². The molecule has 0 aliphatic heterocycles. The third-order valence-electron chi connectivity index (χ3n) is 0. The summed E-state index contributed by atoms with van der Waals surface area (Å²) in [5.74, 6) is 0. The molecule has 0 aromatic heterocycles. The van der Waals surface area contributed by atoms with E-state index in [4.69, 9.17) is 0 Å². The predicted molar refractivity (Wildman–Crippen MR) is 5.75 cm³/mol. The third kappa shape index (κ3) is 8.84. The van der Waals surface area contributed by atoms with Crippen molar-refractivity contribution in [3.63, 3.8) is 0 Å². The summed E-state index contributed by atoms with van der Waals surface area (Å²) in [5.41, 5.74) is 0. The van der Waals surface area contributed by atoms with Crippen LogP contribution in [0.3, 0.4) is 0 Å². The van der Waals surface area contributed by atoms with Crippen LogP contribution in [0, 0.1) is 0 Å². The van der Waals surface area contributed by atoms with Crippen molar-refractivity contribution in [3.8, 4) is 0 Å². The smallest absolute Gasteiger partial charge is 0 e. The van der Waals surface area contributed by atoms with Crippen molar-refractivity contribution < 1.29 is 50.9 Å². The first kappa shape index (κ1) is 33.0. The van der Waals surface area contributed by atoms with Crippen LogP contribution in [0.2, 0.25) is 0 Å². The molecule has 0 atom stereocenters. The van der Waals surface area contributed by atoms with Gasteiger partial charge in [0, 0.05) is 74.8 Å². The van der Waals surface area contributed by atoms with E-state index in [1.165, 1.54) is 0 Å². The van der Waals surface area contributed by atoms with E-state index >= 15 is 0 Å². The van der Waals surface area contributed by atoms with Crippen LogP contribution < -0.4 is 0 Å². The minimum absolute atomic E-state index is 0. The fourth-order valence-electron chi connectivity index (χ4n) is 0. The zero-order chi connectivity index (χ0) is 0. The van der Waals surface area contributed by atoms with E-state index in [-0.39, 0.29) is 74.8 Å². The molecular formula is CoCuFeSn. The van der Waals surface area contributed by atoms with E-state index in [1.54, 1.807) is 0 Å². The molecule has 0 saturated heterocycles. The van der Waals surface area contributed by atoms with E-state index in [0.29, 0.717) is 0 Å². The van der Waals surface area contributed by atoms with Crippen molar-refractivity contribution in [1.29, 1.82) is 0 Å². The van der Waals surface area contributed by atoms with Crippen LogP contribution >= 0.6 is 0 Å². The normalized spacial score (nSPS) is 0. The van der Waals surface area contributed by atoms with Crippen LogP contribution in [0.25, 0.3) is 0 Å². The van der Waals surface area contributed by atoms with Gasteiger partial charge in [-0.3, -0.25) is 0 Å². The molecule has 32 valence electrons. The number of hydrogen-bond donors (Lipinski definition) is 0. The van der Waals surface area contributed by atoms with Gasteiger partial charge in [-0.05, 0) is 0 Å². The fourth-order valence-corrected chi connectivity index (χ4v) is 0. The Hall–Kier alpha value is 2.34. The Bertz CT molecular complexity index is 8.00. The maximum absolute atomic E-state index is 0. The maximum Gasteiger partial charge on any atom is 0 e. The van der Waals surface area contributed by atoms with Gasteiger partial charge in [0.2, 0.25) is 0 Å². The van der Waals surface area contributed by atoms with Gasteiger partial charge >= 0.3 is 0 Å². The summed E-state index contributed by atoms with van der Waals surface area (Å²) in [6.45, 7) is 0. The van der Waals surface area contributed by atoms with Gasteiger partial charge < -0.3 is 0 Å². The zero-order valence-electron chi connectivity index (χ0n) is 1.49. The average Bonchev–Trinajstić information content (AvgIpc) is 0. The molecule has 6 radical (unpaired) electrons. The van der Waals surface area contributed by atoms with E-state index in [2.05, 4.69) is 0 Å². The summed E-state index contributed by atoms with van der Waals surface area (Å²) >= 11 is 0. The molecule has 0 bridgehead atoms. The van der Waals surface area contributed by atoms with Gasteiger partial charge in [-0.15, -0.1) is 0 Å². The van der Waals surface area contributed by atoms with Crippen LogP contribution in [0.15, 0.2) is 0 Å². The summed E-state index contributed by atoms with van der Waals surface area (Å²) in [7, 11) is 0. The van der Waals surface area contributed by atoms with E-state index in [1.807, 2.05) is 0 Å². The number of hydrogen-bond acceptors (Lipinski definition) is 0. The van der Waals surface area contributed by atoms with Crippen molar-refractivity contribution in [2.24, 2.45) is 0 Å². The molecule has 0 nitrogen and oxygen atoms in total. The van der Waals surface area contributed by atoms with Crippen molar-refractivity contribution in [3.05, 3.63) is 0 Å². The first-order valence-electron chi connectivity index (χ1n) is 0. The molecule has 0 aliphatic rings. The quantitative estimate of drug-likeness (QED) is 0.534. The van der Waals surface area contributed by atoms with Crippen molar-refractivity contribution in [1.82, 2.24) is 0 Å². The first-order valence-corrected chi connectivity index (χ1v) is 0. The average molecular weight is 297 g/mol. The molecule has 0 heterocycles. The Morgan fingerprint density at radius 2 is 1.00 bits per heavy atom. The van der Waals surface area contributed by atoms with Gasteiger partial charge in [-0.1, -0.05) is 0 Å². The molecule has 4 heteroatoms. The molecule has 0 aromatic rings. The Morgan fingerprint density at radius 1 is 1.00 bits per heavy atom. The van der Waals surface area contributed by atoms with Crippen LogP contribution in [0.5, 0.6) is 0 Å². The maximum atomic E-state index is 0. The summed E-state index contributed by atoms with van der Waals surface area (Å²) < 4.78 is 0. The van der Waals surface area contributed by atoms with Crippen molar-refractivity contribution in [2.45, 2.75) is 0 Å². The van der Waals surface area contributed by atoms with Gasteiger partial charge in [0.25, 0.3) is 0 Å². The topological polar surface area (TPSA) is 0 Å². The van der Waals surface area contributed by atoms with Crippen molar-refractivity contribution in [2.75, 3.05) is 0 Å². The van der Waals surface area contributed by atoms with Crippen LogP contribution in [0.1, 0.15) is 0 Å². The SMILES string of the molecule is [Co].[Cu].[Fe].[Sn]. The van der Waals surface area contributed by atoms with Gasteiger partial charge in [-0.2, -0.15) is 0 Å². The molecule has 0 saturated carbocycles. The first-order chi connectivity index (χ1) is 0. The van der Waals surface area contributed by atoms with Gasteiger partial charge in [0.15, 0.2) is 0 Å². The van der Waals surface area contributed by atoms with Crippen LogP contribution in [0.4, 0.5) is 0 Å². The van der Waals surface area contributed by atoms with E-state index in [9.17, 15) is 0 Å². The molecule has 4 heavy (non-hydrogen) atoms. The Balaban J connectivity index is 0. The second kappa shape index (κ2) is 18.4. The van der Waals surface area contributed by atoms with Crippen molar-refractivity contribution >= 4 is 23.9 Å². The number of rotatable bonds is 0. The zero-order valence-corrected chi connectivity index (χ0v) is 7.43. The molecule has 0 amide bonds. The second-order valence-electron chi connectivity index (χ2n) is 0. The summed E-state index contributed by atoms with van der Waals surface area (Å²) in [5, 5.41) is 0. The molecule has 0 aromatic carbocycles. The fraction of sp³-hybridized carbons (Fsp3) is 0. The minimum Gasteiger partial charge on any atom is 0 e. The third-order valence-corrected chi connectivity index (χ3v) is 0.